The molecule has 0 atom stereocenters. The number of carboxylic acids is 1. The van der Waals surface area contributed by atoms with Crippen molar-refractivity contribution >= 4 is 5.97 Å². The fourth-order valence-electron chi connectivity index (χ4n) is 1.54. The molecular formula is C12H12N2O3. The minimum atomic E-state index is -1.02. The molecule has 1 aromatic carbocycles. The van der Waals surface area contributed by atoms with E-state index in [1.807, 2.05) is 30.3 Å². The van der Waals surface area contributed by atoms with Gasteiger partial charge in [0.2, 0.25) is 5.88 Å². The molecule has 0 unspecified atom stereocenters. The van der Waals surface area contributed by atoms with Crippen molar-refractivity contribution in [3.8, 4) is 5.88 Å². The van der Waals surface area contributed by atoms with Crippen molar-refractivity contribution in [2.24, 2.45) is 0 Å². The van der Waals surface area contributed by atoms with Gasteiger partial charge in [0.05, 0.1) is 13.7 Å². The van der Waals surface area contributed by atoms with Crippen molar-refractivity contribution in [1.82, 2.24) is 9.78 Å². The number of benzene rings is 1. The van der Waals surface area contributed by atoms with E-state index in [2.05, 4.69) is 5.10 Å². The molecule has 1 aromatic heterocycles. The summed E-state index contributed by atoms with van der Waals surface area (Å²) in [5.41, 5.74) is 1.10. The summed E-state index contributed by atoms with van der Waals surface area (Å²) < 4.78 is 6.34. The molecule has 0 fully saturated rings. The molecule has 5 nitrogen and oxygen atoms in total. The molecule has 2 rings (SSSR count). The van der Waals surface area contributed by atoms with Gasteiger partial charge in [-0.3, -0.25) is 0 Å². The van der Waals surface area contributed by atoms with E-state index in [-0.39, 0.29) is 5.69 Å². The highest BCUT2D eigenvalue weighted by atomic mass is 16.5. The third-order valence-electron chi connectivity index (χ3n) is 2.36. The monoisotopic (exact) mass is 232 g/mol. The van der Waals surface area contributed by atoms with Crippen LogP contribution in [0.3, 0.4) is 0 Å². The van der Waals surface area contributed by atoms with Crippen LogP contribution in [0.1, 0.15) is 16.1 Å². The Balaban J connectivity index is 2.31. The Kier molecular flexibility index (Phi) is 3.09. The first-order chi connectivity index (χ1) is 8.20. The zero-order chi connectivity index (χ0) is 12.3. The van der Waals surface area contributed by atoms with Gasteiger partial charge in [-0.25, -0.2) is 9.48 Å². The first kappa shape index (κ1) is 11.2. The lowest BCUT2D eigenvalue weighted by molar-refractivity contribution is 0.0684. The third-order valence-corrected chi connectivity index (χ3v) is 2.36. The summed E-state index contributed by atoms with van der Waals surface area (Å²) >= 11 is 0. The highest BCUT2D eigenvalue weighted by Gasteiger charge is 2.14. The molecule has 0 radical (unpaired) electrons. The quantitative estimate of drug-likeness (QED) is 0.870. The number of carbonyl (C=O) groups is 1. The predicted octanol–water partition coefficient (Wildman–Crippen LogP) is 1.64. The average Bonchev–Trinajstić information content (AvgIpc) is 2.74. The molecule has 0 aliphatic carbocycles. The van der Waals surface area contributed by atoms with Gasteiger partial charge in [0.15, 0.2) is 5.69 Å². The van der Waals surface area contributed by atoms with E-state index < -0.39 is 5.97 Å². The van der Waals surface area contributed by atoms with Crippen molar-refractivity contribution < 1.29 is 14.6 Å². The lowest BCUT2D eigenvalue weighted by Gasteiger charge is -2.03. The molecule has 2 aromatic rings. The lowest BCUT2D eigenvalue weighted by atomic mass is 10.2. The lowest BCUT2D eigenvalue weighted by Crippen LogP contribution is -2.10. The van der Waals surface area contributed by atoms with Crippen molar-refractivity contribution in [2.75, 3.05) is 7.11 Å². The van der Waals surface area contributed by atoms with Gasteiger partial charge < -0.3 is 9.84 Å². The summed E-state index contributed by atoms with van der Waals surface area (Å²) in [6.07, 6.45) is 0. The number of aromatic carboxylic acids is 1. The van der Waals surface area contributed by atoms with Crippen molar-refractivity contribution in [2.45, 2.75) is 6.54 Å². The van der Waals surface area contributed by atoms with Crippen LogP contribution in [0.15, 0.2) is 36.4 Å². The molecule has 0 aliphatic heterocycles. The third kappa shape index (κ3) is 2.44. The topological polar surface area (TPSA) is 64.3 Å². The van der Waals surface area contributed by atoms with Gasteiger partial charge in [-0.2, -0.15) is 0 Å². The molecular weight excluding hydrogens is 220 g/mol. The minimum Gasteiger partial charge on any atom is -0.480 e. The number of hydrogen-bond donors (Lipinski definition) is 1. The van der Waals surface area contributed by atoms with E-state index in [0.29, 0.717) is 12.4 Å². The number of ether oxygens (including phenoxy) is 1. The smallest absolute Gasteiger partial charge is 0.354 e. The van der Waals surface area contributed by atoms with Gasteiger partial charge in [0.25, 0.3) is 0 Å². The van der Waals surface area contributed by atoms with Gasteiger partial charge in [-0.05, 0) is 5.56 Å². The standard InChI is InChI=1S/C12H12N2O3/c1-17-11-7-10(12(15)16)14(13-11)8-9-5-3-2-4-6-9/h2-7H,8H2,1H3,(H,15,16). The Morgan fingerprint density at radius 1 is 1.41 bits per heavy atom. The maximum Gasteiger partial charge on any atom is 0.354 e. The number of aromatic nitrogens is 2. The van der Waals surface area contributed by atoms with Gasteiger partial charge in [-0.15, -0.1) is 5.10 Å². The number of nitrogens with zero attached hydrogens (tertiary/aromatic N) is 2. The Bertz CT molecular complexity index is 520. The highest BCUT2D eigenvalue weighted by molar-refractivity contribution is 5.86. The van der Waals surface area contributed by atoms with Crippen molar-refractivity contribution in [1.29, 1.82) is 0 Å². The highest BCUT2D eigenvalue weighted by Crippen LogP contribution is 2.13. The maximum absolute atomic E-state index is 11.0. The summed E-state index contributed by atoms with van der Waals surface area (Å²) in [7, 11) is 1.46. The van der Waals surface area contributed by atoms with E-state index >= 15 is 0 Å². The summed E-state index contributed by atoms with van der Waals surface area (Å²) in [5, 5.41) is 13.1. The van der Waals surface area contributed by atoms with Crippen LogP contribution >= 0.6 is 0 Å². The zero-order valence-electron chi connectivity index (χ0n) is 9.33. The molecule has 1 heterocycles. The second kappa shape index (κ2) is 4.69. The Morgan fingerprint density at radius 3 is 2.71 bits per heavy atom. The summed E-state index contributed by atoms with van der Waals surface area (Å²) in [6.45, 7) is 0.409. The Labute approximate surface area is 98.3 Å². The number of carboxylic acid groups (broad SMARTS) is 1. The maximum atomic E-state index is 11.0. The average molecular weight is 232 g/mol. The van der Waals surface area contributed by atoms with Crippen LogP contribution in [0.4, 0.5) is 0 Å². The second-order valence-electron chi connectivity index (χ2n) is 3.52. The minimum absolute atomic E-state index is 0.116. The fraction of sp³-hybridized carbons (Fsp3) is 0.167. The first-order valence-corrected chi connectivity index (χ1v) is 5.10. The van der Waals surface area contributed by atoms with E-state index in [9.17, 15) is 4.79 Å². The molecule has 5 heteroatoms. The molecule has 0 amide bonds. The molecule has 0 saturated heterocycles. The SMILES string of the molecule is COc1cc(C(=O)O)n(Cc2ccccc2)n1. The van der Waals surface area contributed by atoms with Crippen LogP contribution in [0.5, 0.6) is 5.88 Å². The zero-order valence-corrected chi connectivity index (χ0v) is 9.33. The van der Waals surface area contributed by atoms with Crippen LogP contribution in [-0.4, -0.2) is 28.0 Å². The first-order valence-electron chi connectivity index (χ1n) is 5.10. The van der Waals surface area contributed by atoms with Crippen LogP contribution in [-0.2, 0) is 6.54 Å². The van der Waals surface area contributed by atoms with Gasteiger partial charge in [-0.1, -0.05) is 30.3 Å². The van der Waals surface area contributed by atoms with Gasteiger partial charge >= 0.3 is 5.97 Å². The van der Waals surface area contributed by atoms with Gasteiger partial charge in [0, 0.05) is 6.07 Å². The van der Waals surface area contributed by atoms with Crippen LogP contribution < -0.4 is 4.74 Å². The van der Waals surface area contributed by atoms with Crippen molar-refractivity contribution in [3.05, 3.63) is 47.7 Å². The van der Waals surface area contributed by atoms with E-state index in [0.717, 1.165) is 5.56 Å². The van der Waals surface area contributed by atoms with Crippen LogP contribution in [0, 0.1) is 0 Å². The van der Waals surface area contributed by atoms with Crippen molar-refractivity contribution in [3.63, 3.8) is 0 Å². The number of rotatable bonds is 4. The molecule has 0 aliphatic rings. The second-order valence-corrected chi connectivity index (χ2v) is 3.52. The van der Waals surface area contributed by atoms with E-state index in [1.54, 1.807) is 0 Å². The van der Waals surface area contributed by atoms with Crippen LogP contribution in [0.2, 0.25) is 0 Å². The fourth-order valence-corrected chi connectivity index (χ4v) is 1.54. The molecule has 1 N–H and O–H groups in total. The normalized spacial score (nSPS) is 10.2. The number of hydrogen-bond acceptors (Lipinski definition) is 3. The largest absolute Gasteiger partial charge is 0.480 e. The molecule has 88 valence electrons. The molecule has 0 spiro atoms. The molecule has 17 heavy (non-hydrogen) atoms. The van der Waals surface area contributed by atoms with Gasteiger partial charge in [0.1, 0.15) is 0 Å². The summed E-state index contributed by atoms with van der Waals surface area (Å²) in [6, 6.07) is 10.9. The Morgan fingerprint density at radius 2 is 2.12 bits per heavy atom. The van der Waals surface area contributed by atoms with E-state index in [1.165, 1.54) is 17.9 Å². The van der Waals surface area contributed by atoms with E-state index in [4.69, 9.17) is 9.84 Å². The molecule has 0 bridgehead atoms. The summed E-state index contributed by atoms with van der Waals surface area (Å²) in [5.74, 6) is -0.713. The predicted molar refractivity (Wildman–Crippen MR) is 61.3 cm³/mol. The Hall–Kier alpha value is -2.30. The summed E-state index contributed by atoms with van der Waals surface area (Å²) in [4.78, 5) is 11.0. The molecule has 0 saturated carbocycles. The van der Waals surface area contributed by atoms with Crippen LogP contribution in [0.25, 0.3) is 0 Å². The number of methoxy groups -OCH3 is 1.